The van der Waals surface area contributed by atoms with Gasteiger partial charge in [0.1, 0.15) is 6.10 Å². The Morgan fingerprint density at radius 3 is 2.81 bits per heavy atom. The fourth-order valence-electron chi connectivity index (χ4n) is 1.62. The van der Waals surface area contributed by atoms with Crippen molar-refractivity contribution in [2.24, 2.45) is 11.8 Å². The lowest BCUT2D eigenvalue weighted by Gasteiger charge is -2.08. The van der Waals surface area contributed by atoms with Crippen molar-refractivity contribution in [3.05, 3.63) is 5.82 Å². The molecule has 1 aliphatic rings. The van der Waals surface area contributed by atoms with Crippen LogP contribution in [0.25, 0.3) is 0 Å². The van der Waals surface area contributed by atoms with Gasteiger partial charge in [-0.05, 0) is 24.7 Å². The summed E-state index contributed by atoms with van der Waals surface area (Å²) in [6.07, 6.45) is 2.39. The quantitative estimate of drug-likeness (QED) is 0.804. The van der Waals surface area contributed by atoms with Crippen LogP contribution in [0.1, 0.15) is 38.6 Å². The highest BCUT2D eigenvalue weighted by molar-refractivity contribution is 5.19. The summed E-state index contributed by atoms with van der Waals surface area (Å²) in [6, 6.07) is 0.492. The largest absolute Gasteiger partial charge is 0.373 e. The molecule has 90 valence electrons. The van der Waals surface area contributed by atoms with Crippen LogP contribution >= 0.6 is 0 Å². The minimum Gasteiger partial charge on any atom is -0.373 e. The van der Waals surface area contributed by atoms with Crippen molar-refractivity contribution in [3.8, 4) is 0 Å². The van der Waals surface area contributed by atoms with E-state index >= 15 is 0 Å². The van der Waals surface area contributed by atoms with Crippen LogP contribution in [0.15, 0.2) is 4.52 Å². The number of methoxy groups -OCH3 is 1. The molecule has 5 nitrogen and oxygen atoms in total. The van der Waals surface area contributed by atoms with E-state index in [2.05, 4.69) is 29.3 Å². The molecule has 1 aromatic heterocycles. The summed E-state index contributed by atoms with van der Waals surface area (Å²) in [5, 5.41) is 7.06. The van der Waals surface area contributed by atoms with Crippen LogP contribution in [0.3, 0.4) is 0 Å². The van der Waals surface area contributed by atoms with Crippen molar-refractivity contribution >= 4 is 6.01 Å². The van der Waals surface area contributed by atoms with Crippen molar-refractivity contribution in [2.75, 3.05) is 19.0 Å². The molecular weight excluding hydrogens is 206 g/mol. The Morgan fingerprint density at radius 2 is 2.25 bits per heavy atom. The minimum absolute atomic E-state index is 0.00153. The lowest BCUT2D eigenvalue weighted by molar-refractivity contribution is 0.0751. The van der Waals surface area contributed by atoms with E-state index < -0.39 is 0 Å². The first-order valence-corrected chi connectivity index (χ1v) is 5.81. The van der Waals surface area contributed by atoms with Gasteiger partial charge in [0.15, 0.2) is 0 Å². The number of ether oxygens (including phenoxy) is 1. The SMILES string of the molecule is COC(c1noc(NCC(C)C)n1)C1CC1. The third-order valence-electron chi connectivity index (χ3n) is 2.66. The van der Waals surface area contributed by atoms with Crippen molar-refractivity contribution in [1.29, 1.82) is 0 Å². The molecule has 0 saturated heterocycles. The van der Waals surface area contributed by atoms with E-state index in [0.29, 0.717) is 23.7 Å². The maximum atomic E-state index is 5.39. The normalized spacial score (nSPS) is 17.8. The molecule has 1 unspecified atom stereocenters. The Kier molecular flexibility index (Phi) is 3.43. The number of nitrogens with zero attached hydrogens (tertiary/aromatic N) is 2. The minimum atomic E-state index is -0.00153. The van der Waals surface area contributed by atoms with Gasteiger partial charge in [-0.1, -0.05) is 19.0 Å². The molecule has 1 N–H and O–H groups in total. The maximum absolute atomic E-state index is 5.39. The van der Waals surface area contributed by atoms with E-state index in [9.17, 15) is 0 Å². The van der Waals surface area contributed by atoms with E-state index in [1.807, 2.05) is 0 Å². The lowest BCUT2D eigenvalue weighted by Crippen LogP contribution is -2.09. The van der Waals surface area contributed by atoms with Crippen LogP contribution in [0.5, 0.6) is 0 Å². The van der Waals surface area contributed by atoms with Gasteiger partial charge in [-0.2, -0.15) is 4.98 Å². The van der Waals surface area contributed by atoms with Crippen LogP contribution in [-0.2, 0) is 4.74 Å². The second kappa shape index (κ2) is 4.82. The van der Waals surface area contributed by atoms with Crippen LogP contribution in [-0.4, -0.2) is 23.8 Å². The fraction of sp³-hybridized carbons (Fsp3) is 0.818. The topological polar surface area (TPSA) is 60.2 Å². The van der Waals surface area contributed by atoms with Gasteiger partial charge in [-0.25, -0.2) is 0 Å². The fourth-order valence-corrected chi connectivity index (χ4v) is 1.62. The molecule has 2 rings (SSSR count). The molecule has 1 fully saturated rings. The predicted molar refractivity (Wildman–Crippen MR) is 60.1 cm³/mol. The van der Waals surface area contributed by atoms with Gasteiger partial charge in [0.05, 0.1) is 0 Å². The zero-order valence-electron chi connectivity index (χ0n) is 10.1. The third-order valence-corrected chi connectivity index (χ3v) is 2.66. The van der Waals surface area contributed by atoms with Crippen LogP contribution < -0.4 is 5.32 Å². The number of rotatable bonds is 6. The molecule has 0 amide bonds. The Balaban J connectivity index is 1.95. The standard InChI is InChI=1S/C11H19N3O2/c1-7(2)6-12-11-13-10(14-16-11)9(15-3)8-4-5-8/h7-9H,4-6H2,1-3H3,(H,12,13,14). The maximum Gasteiger partial charge on any atom is 0.321 e. The van der Waals surface area contributed by atoms with E-state index in [4.69, 9.17) is 9.26 Å². The summed E-state index contributed by atoms with van der Waals surface area (Å²) in [5.74, 6) is 1.79. The van der Waals surface area contributed by atoms with E-state index in [0.717, 1.165) is 6.54 Å². The van der Waals surface area contributed by atoms with Gasteiger partial charge in [0.25, 0.3) is 0 Å². The summed E-state index contributed by atoms with van der Waals surface area (Å²) in [7, 11) is 1.70. The summed E-state index contributed by atoms with van der Waals surface area (Å²) in [5.41, 5.74) is 0. The van der Waals surface area contributed by atoms with Crippen LogP contribution in [0.4, 0.5) is 6.01 Å². The molecule has 1 atom stereocenters. The number of hydrogen-bond acceptors (Lipinski definition) is 5. The number of hydrogen-bond donors (Lipinski definition) is 1. The molecule has 5 heteroatoms. The lowest BCUT2D eigenvalue weighted by atomic mass is 10.2. The third kappa shape index (κ3) is 2.72. The molecule has 1 aliphatic carbocycles. The molecule has 1 heterocycles. The summed E-state index contributed by atoms with van der Waals surface area (Å²) >= 11 is 0. The molecule has 0 bridgehead atoms. The van der Waals surface area contributed by atoms with Gasteiger partial charge >= 0.3 is 6.01 Å². The van der Waals surface area contributed by atoms with Crippen molar-refractivity contribution < 1.29 is 9.26 Å². The van der Waals surface area contributed by atoms with Gasteiger partial charge in [-0.3, -0.25) is 0 Å². The smallest absolute Gasteiger partial charge is 0.321 e. The molecule has 1 saturated carbocycles. The second-order valence-corrected chi connectivity index (χ2v) is 4.73. The Hall–Kier alpha value is -1.10. The zero-order chi connectivity index (χ0) is 11.5. The first-order chi connectivity index (χ1) is 7.70. The molecular formula is C11H19N3O2. The molecule has 0 aliphatic heterocycles. The zero-order valence-corrected chi connectivity index (χ0v) is 10.1. The van der Waals surface area contributed by atoms with Gasteiger partial charge in [0, 0.05) is 13.7 Å². The van der Waals surface area contributed by atoms with E-state index in [-0.39, 0.29) is 6.10 Å². The average Bonchev–Trinajstić information content (AvgIpc) is 2.96. The highest BCUT2D eigenvalue weighted by atomic mass is 16.5. The molecule has 16 heavy (non-hydrogen) atoms. The van der Waals surface area contributed by atoms with Crippen molar-refractivity contribution in [3.63, 3.8) is 0 Å². The van der Waals surface area contributed by atoms with Crippen molar-refractivity contribution in [2.45, 2.75) is 32.8 Å². The Bertz CT molecular complexity index is 334. The van der Waals surface area contributed by atoms with E-state index in [1.54, 1.807) is 7.11 Å². The summed E-state index contributed by atoms with van der Waals surface area (Å²) in [4.78, 5) is 4.30. The first kappa shape index (κ1) is 11.4. The van der Waals surface area contributed by atoms with Gasteiger partial charge in [0.2, 0.25) is 5.82 Å². The molecule has 0 aromatic carbocycles. The van der Waals surface area contributed by atoms with Crippen molar-refractivity contribution in [1.82, 2.24) is 10.1 Å². The van der Waals surface area contributed by atoms with Crippen LogP contribution in [0.2, 0.25) is 0 Å². The first-order valence-electron chi connectivity index (χ1n) is 5.81. The monoisotopic (exact) mass is 225 g/mol. The summed E-state index contributed by atoms with van der Waals surface area (Å²) < 4.78 is 10.5. The Labute approximate surface area is 95.6 Å². The van der Waals surface area contributed by atoms with Crippen LogP contribution in [0, 0.1) is 11.8 Å². The van der Waals surface area contributed by atoms with Gasteiger partial charge in [-0.15, -0.1) is 0 Å². The highest BCUT2D eigenvalue weighted by Gasteiger charge is 2.35. The number of anilines is 1. The Morgan fingerprint density at radius 1 is 1.50 bits per heavy atom. The molecule has 0 spiro atoms. The van der Waals surface area contributed by atoms with Gasteiger partial charge < -0.3 is 14.6 Å². The molecule has 0 radical (unpaired) electrons. The molecule has 1 aromatic rings. The number of nitrogens with one attached hydrogen (secondary N) is 1. The number of aromatic nitrogens is 2. The van der Waals surface area contributed by atoms with E-state index in [1.165, 1.54) is 12.8 Å². The second-order valence-electron chi connectivity index (χ2n) is 4.73. The predicted octanol–water partition coefficient (Wildman–Crippen LogP) is 2.24. The summed E-state index contributed by atoms with van der Waals surface area (Å²) in [6.45, 7) is 5.10. The highest BCUT2D eigenvalue weighted by Crippen LogP contribution is 2.42. The average molecular weight is 225 g/mol.